The number of aromatic nitrogens is 1. The van der Waals surface area contributed by atoms with Gasteiger partial charge >= 0.3 is 12.4 Å². The average molecular weight is 554 g/mol. The lowest BCUT2D eigenvalue weighted by Crippen LogP contribution is -2.54. The molecule has 0 saturated carbocycles. The molecule has 1 aromatic carbocycles. The summed E-state index contributed by atoms with van der Waals surface area (Å²) in [6, 6.07) is 0.882. The lowest BCUT2D eigenvalue weighted by atomic mass is 9.91. The van der Waals surface area contributed by atoms with Gasteiger partial charge in [0.15, 0.2) is 5.01 Å². The molecule has 0 saturated heterocycles. The van der Waals surface area contributed by atoms with E-state index in [0.29, 0.717) is 17.4 Å². The number of hydrogen-bond acceptors (Lipinski definition) is 6. The first-order valence-electron chi connectivity index (χ1n) is 8.88. The third kappa shape index (κ3) is 5.25. The van der Waals surface area contributed by atoms with Gasteiger partial charge in [-0.1, -0.05) is 35.3 Å². The Kier molecular flexibility index (Phi) is 7.56. The summed E-state index contributed by atoms with van der Waals surface area (Å²) < 4.78 is 79.4. The highest BCUT2D eigenvalue weighted by molar-refractivity contribution is 7.17. The Labute approximate surface area is 201 Å². The van der Waals surface area contributed by atoms with Crippen LogP contribution < -0.4 is 11.1 Å². The van der Waals surface area contributed by atoms with Crippen molar-refractivity contribution in [2.75, 3.05) is 6.54 Å². The van der Waals surface area contributed by atoms with Gasteiger partial charge in [0.25, 0.3) is 17.4 Å². The second-order valence-corrected chi connectivity index (χ2v) is 9.31. The van der Waals surface area contributed by atoms with Crippen molar-refractivity contribution in [2.24, 2.45) is 5.73 Å². The third-order valence-corrected chi connectivity index (χ3v) is 6.24. The molecule has 1 heterocycles. The van der Waals surface area contributed by atoms with E-state index in [0.717, 1.165) is 0 Å². The SMILES string of the molecule is CC(C)(O)CNC(=O)c1nc(C(N)=O)c(-c2ccc(C(O)(C(F)(F)F)C(F)(F)F)c(Cl)c2Cl)s1. The number of amides is 2. The Morgan fingerprint density at radius 2 is 1.59 bits per heavy atom. The van der Waals surface area contributed by atoms with E-state index in [4.69, 9.17) is 28.9 Å². The van der Waals surface area contributed by atoms with Gasteiger partial charge < -0.3 is 21.3 Å². The zero-order valence-electron chi connectivity index (χ0n) is 17.0. The number of nitrogens with two attached hydrogens (primary N) is 1. The molecule has 7 nitrogen and oxygen atoms in total. The Morgan fingerprint density at radius 1 is 1.06 bits per heavy atom. The van der Waals surface area contributed by atoms with Crippen molar-refractivity contribution in [1.29, 1.82) is 0 Å². The number of benzene rings is 1. The highest BCUT2D eigenvalue weighted by Gasteiger charge is 2.72. The molecular formula is C18H15Cl2F6N3O4S. The van der Waals surface area contributed by atoms with Crippen LogP contribution in [0.1, 0.15) is 39.7 Å². The fourth-order valence-corrected chi connectivity index (χ4v) is 4.24. The number of alkyl halides is 6. The molecule has 34 heavy (non-hydrogen) atoms. The Bertz CT molecular complexity index is 1110. The smallest absolute Gasteiger partial charge is 0.389 e. The maximum Gasteiger partial charge on any atom is 0.430 e. The highest BCUT2D eigenvalue weighted by atomic mass is 35.5. The summed E-state index contributed by atoms with van der Waals surface area (Å²) in [5, 5.41) is 19.1. The zero-order chi connectivity index (χ0) is 26.4. The molecular weight excluding hydrogens is 539 g/mol. The van der Waals surface area contributed by atoms with Gasteiger partial charge in [-0.25, -0.2) is 4.98 Å². The lowest BCUT2D eigenvalue weighted by Gasteiger charge is -2.33. The number of primary amides is 1. The van der Waals surface area contributed by atoms with Crippen LogP contribution in [0.25, 0.3) is 10.4 Å². The summed E-state index contributed by atoms with van der Waals surface area (Å²) in [5.41, 5.74) is -4.14. The lowest BCUT2D eigenvalue weighted by molar-refractivity contribution is -0.376. The van der Waals surface area contributed by atoms with Crippen LogP contribution in [0.2, 0.25) is 10.0 Å². The van der Waals surface area contributed by atoms with Crippen LogP contribution in [0.15, 0.2) is 12.1 Å². The molecule has 0 bridgehead atoms. The topological polar surface area (TPSA) is 126 Å². The van der Waals surface area contributed by atoms with E-state index in [1.807, 2.05) is 0 Å². The summed E-state index contributed by atoms with van der Waals surface area (Å²) in [5.74, 6) is -2.05. The van der Waals surface area contributed by atoms with E-state index in [9.17, 15) is 46.1 Å². The molecule has 2 rings (SSSR count). The monoisotopic (exact) mass is 553 g/mol. The maximum atomic E-state index is 13.2. The van der Waals surface area contributed by atoms with Crippen LogP contribution in [0.3, 0.4) is 0 Å². The predicted molar refractivity (Wildman–Crippen MR) is 111 cm³/mol. The molecule has 16 heteroatoms. The van der Waals surface area contributed by atoms with Gasteiger partial charge in [-0.2, -0.15) is 26.3 Å². The number of hydrogen-bond donors (Lipinski definition) is 4. The molecule has 0 radical (unpaired) electrons. The van der Waals surface area contributed by atoms with Crippen molar-refractivity contribution in [3.8, 4) is 10.4 Å². The number of carbonyl (C=O) groups is 2. The molecule has 0 spiro atoms. The van der Waals surface area contributed by atoms with E-state index >= 15 is 0 Å². The Hall–Kier alpha value is -2.13. The molecule has 0 aliphatic heterocycles. The normalized spacial score (nSPS) is 13.2. The van der Waals surface area contributed by atoms with Crippen LogP contribution in [0.4, 0.5) is 26.3 Å². The van der Waals surface area contributed by atoms with Crippen LogP contribution in [-0.2, 0) is 5.60 Å². The number of halogens is 8. The highest BCUT2D eigenvalue weighted by Crippen LogP contribution is 2.53. The number of nitrogens with zero attached hydrogens (tertiary/aromatic N) is 1. The Balaban J connectivity index is 2.66. The van der Waals surface area contributed by atoms with Crippen molar-refractivity contribution in [1.82, 2.24) is 10.3 Å². The van der Waals surface area contributed by atoms with Crippen molar-refractivity contribution in [2.45, 2.75) is 37.4 Å². The van der Waals surface area contributed by atoms with Crippen molar-refractivity contribution >= 4 is 46.4 Å². The van der Waals surface area contributed by atoms with E-state index in [2.05, 4.69) is 10.3 Å². The van der Waals surface area contributed by atoms with Gasteiger partial charge in [-0.05, 0) is 13.8 Å². The number of rotatable bonds is 6. The zero-order valence-corrected chi connectivity index (χ0v) is 19.4. The number of aliphatic hydroxyl groups is 2. The minimum absolute atomic E-state index is 0.221. The summed E-state index contributed by atoms with van der Waals surface area (Å²) in [4.78, 5) is 27.6. The fraction of sp³-hybridized carbons (Fsp3) is 0.389. The maximum absolute atomic E-state index is 13.2. The van der Waals surface area contributed by atoms with Crippen LogP contribution in [0.5, 0.6) is 0 Å². The first-order valence-corrected chi connectivity index (χ1v) is 10.5. The van der Waals surface area contributed by atoms with Crippen molar-refractivity contribution < 1.29 is 46.1 Å². The van der Waals surface area contributed by atoms with Crippen LogP contribution in [0, 0.1) is 0 Å². The standard InChI is InChI=1S/C18H15Cl2F6N3O4S/c1-15(2,32)5-28-13(31)14-29-10(12(27)30)11(34-14)6-3-4-7(9(20)8(6)19)16(33,17(21,22)23)18(24,25)26/h3-4,32-33H,5H2,1-2H3,(H2,27,30)(H,28,31). The second-order valence-electron chi connectivity index (χ2n) is 7.55. The van der Waals surface area contributed by atoms with E-state index in [1.165, 1.54) is 13.8 Å². The molecule has 2 amide bonds. The van der Waals surface area contributed by atoms with Gasteiger partial charge in [-0.15, -0.1) is 11.3 Å². The van der Waals surface area contributed by atoms with Crippen molar-refractivity contribution in [3.05, 3.63) is 38.4 Å². The molecule has 0 atom stereocenters. The van der Waals surface area contributed by atoms with E-state index in [1.54, 1.807) is 0 Å². The minimum atomic E-state index is -6.21. The predicted octanol–water partition coefficient (Wildman–Crippen LogP) is 4.03. The molecule has 1 aromatic heterocycles. The summed E-state index contributed by atoms with van der Waals surface area (Å²) >= 11 is 12.1. The molecule has 0 unspecified atom stereocenters. The molecule has 188 valence electrons. The largest absolute Gasteiger partial charge is 0.430 e. The van der Waals surface area contributed by atoms with E-state index < -0.39 is 56.7 Å². The quantitative estimate of drug-likeness (QED) is 0.402. The Morgan fingerprint density at radius 3 is 2.03 bits per heavy atom. The van der Waals surface area contributed by atoms with Gasteiger partial charge in [0.05, 0.1) is 20.5 Å². The van der Waals surface area contributed by atoms with Crippen LogP contribution in [-0.4, -0.2) is 51.5 Å². The van der Waals surface area contributed by atoms with Crippen LogP contribution >= 0.6 is 34.5 Å². The summed E-state index contributed by atoms with van der Waals surface area (Å²) in [7, 11) is 0. The molecule has 0 aliphatic rings. The fourth-order valence-electron chi connectivity index (χ4n) is 2.61. The van der Waals surface area contributed by atoms with Gasteiger partial charge in [0.2, 0.25) is 0 Å². The average Bonchev–Trinajstić information content (AvgIpc) is 3.10. The molecule has 2 aromatic rings. The van der Waals surface area contributed by atoms with Gasteiger partial charge in [-0.3, -0.25) is 9.59 Å². The summed E-state index contributed by atoms with van der Waals surface area (Å²) in [6.07, 6.45) is -12.4. The van der Waals surface area contributed by atoms with Gasteiger partial charge in [0.1, 0.15) is 5.69 Å². The van der Waals surface area contributed by atoms with Gasteiger partial charge in [0, 0.05) is 17.7 Å². The first kappa shape index (κ1) is 28.1. The molecule has 0 aliphatic carbocycles. The number of carbonyl (C=O) groups excluding carboxylic acids is 2. The number of thiazole rings is 1. The molecule has 5 N–H and O–H groups in total. The van der Waals surface area contributed by atoms with E-state index in [-0.39, 0.29) is 28.1 Å². The first-order chi connectivity index (χ1) is 15.2. The number of nitrogens with one attached hydrogen (secondary N) is 1. The summed E-state index contributed by atoms with van der Waals surface area (Å²) in [6.45, 7) is 2.56. The minimum Gasteiger partial charge on any atom is -0.389 e. The third-order valence-electron chi connectivity index (χ3n) is 4.27. The molecule has 0 fully saturated rings. The van der Waals surface area contributed by atoms with Crippen molar-refractivity contribution in [3.63, 3.8) is 0 Å². The second kappa shape index (κ2) is 9.15.